The molecule has 2 aromatic carbocycles. The van der Waals surface area contributed by atoms with Gasteiger partial charge in [0.15, 0.2) is 0 Å². The van der Waals surface area contributed by atoms with Crippen molar-refractivity contribution in [1.29, 1.82) is 10.5 Å². The average Bonchev–Trinajstić information content (AvgIpc) is 2.78. The minimum atomic E-state index is -0.702. The van der Waals surface area contributed by atoms with Crippen molar-refractivity contribution in [1.82, 2.24) is 9.55 Å². The third-order valence-electron chi connectivity index (χ3n) is 4.69. The van der Waals surface area contributed by atoms with Crippen LogP contribution in [0.5, 0.6) is 17.4 Å². The summed E-state index contributed by atoms with van der Waals surface area (Å²) < 4.78 is 26.6. The Kier molecular flexibility index (Phi) is 5.50. The van der Waals surface area contributed by atoms with E-state index < -0.39 is 5.82 Å². The topological polar surface area (TPSA) is 113 Å². The maximum absolute atomic E-state index is 13.8. The van der Waals surface area contributed by atoms with Crippen molar-refractivity contribution in [2.24, 2.45) is 0 Å². The van der Waals surface area contributed by atoms with Crippen LogP contribution < -0.4 is 20.5 Å². The van der Waals surface area contributed by atoms with Gasteiger partial charge in [-0.05, 0) is 36.2 Å². The fourth-order valence-corrected chi connectivity index (χ4v) is 3.15. The normalized spacial score (nSPS) is 12.1. The Hall–Kier alpha value is -4.37. The number of benzene rings is 2. The predicted octanol–water partition coefficient (Wildman–Crippen LogP) is 3.31. The lowest BCUT2D eigenvalue weighted by atomic mass is 10.1. The number of ether oxygens (including phenoxy) is 2. The molecule has 0 unspecified atom stereocenters. The third kappa shape index (κ3) is 4.31. The second-order valence-electron chi connectivity index (χ2n) is 6.78. The second-order valence-corrected chi connectivity index (χ2v) is 6.78. The molecule has 8 nitrogen and oxygen atoms in total. The molecule has 9 heteroatoms. The van der Waals surface area contributed by atoms with Crippen molar-refractivity contribution < 1.29 is 13.9 Å². The Bertz CT molecular complexity index is 1290. The summed E-state index contributed by atoms with van der Waals surface area (Å²) in [5.74, 6) is 0.564. The number of halogens is 1. The van der Waals surface area contributed by atoms with Gasteiger partial charge in [0.2, 0.25) is 5.88 Å². The first-order chi connectivity index (χ1) is 15.1. The van der Waals surface area contributed by atoms with Crippen LogP contribution in [0.2, 0.25) is 0 Å². The number of rotatable bonds is 5. The Morgan fingerprint density at radius 2 is 1.97 bits per heavy atom. The molecule has 0 saturated carbocycles. The molecule has 31 heavy (non-hydrogen) atoms. The first-order valence-electron chi connectivity index (χ1n) is 9.46. The monoisotopic (exact) mass is 417 g/mol. The van der Waals surface area contributed by atoms with Crippen LogP contribution >= 0.6 is 0 Å². The highest BCUT2D eigenvalue weighted by atomic mass is 19.1. The molecule has 0 fully saturated rings. The maximum atomic E-state index is 13.8. The summed E-state index contributed by atoms with van der Waals surface area (Å²) in [7, 11) is 0. The van der Waals surface area contributed by atoms with Gasteiger partial charge in [0.25, 0.3) is 0 Å². The van der Waals surface area contributed by atoms with Crippen molar-refractivity contribution in [2.75, 3.05) is 11.9 Å². The van der Waals surface area contributed by atoms with Crippen molar-refractivity contribution in [3.05, 3.63) is 75.5 Å². The summed E-state index contributed by atoms with van der Waals surface area (Å²) in [6.45, 7) is 1.49. The van der Waals surface area contributed by atoms with Crippen LogP contribution in [0.4, 0.5) is 10.2 Å². The first kappa shape index (κ1) is 19.9. The van der Waals surface area contributed by atoms with Crippen molar-refractivity contribution >= 4 is 5.82 Å². The van der Waals surface area contributed by atoms with E-state index in [9.17, 15) is 14.4 Å². The van der Waals surface area contributed by atoms with Gasteiger partial charge in [0.1, 0.15) is 41.9 Å². The van der Waals surface area contributed by atoms with E-state index in [1.807, 2.05) is 6.07 Å². The quantitative estimate of drug-likeness (QED) is 0.677. The molecule has 0 atom stereocenters. The zero-order chi connectivity index (χ0) is 21.8. The van der Waals surface area contributed by atoms with Gasteiger partial charge in [0, 0.05) is 25.2 Å². The number of nitrogens with zero attached hydrogens (tertiary/aromatic N) is 4. The molecule has 0 spiro atoms. The fraction of sp³-hybridized carbons (Fsp3) is 0.182. The number of anilines is 1. The van der Waals surface area contributed by atoms with Crippen LogP contribution in [-0.4, -0.2) is 16.1 Å². The van der Waals surface area contributed by atoms with E-state index in [1.54, 1.807) is 34.9 Å². The van der Waals surface area contributed by atoms with E-state index >= 15 is 0 Å². The van der Waals surface area contributed by atoms with E-state index in [1.165, 1.54) is 12.1 Å². The molecule has 1 aliphatic heterocycles. The van der Waals surface area contributed by atoms with Crippen molar-refractivity contribution in [2.45, 2.75) is 19.6 Å². The zero-order valence-corrected chi connectivity index (χ0v) is 16.3. The molecule has 0 bridgehead atoms. The molecule has 154 valence electrons. The molecule has 0 radical (unpaired) electrons. The van der Waals surface area contributed by atoms with Gasteiger partial charge in [-0.2, -0.15) is 15.5 Å². The summed E-state index contributed by atoms with van der Waals surface area (Å²) in [5.41, 5.74) is 0.426. The summed E-state index contributed by atoms with van der Waals surface area (Å²) in [6, 6.07) is 14.1. The fourth-order valence-electron chi connectivity index (χ4n) is 3.15. The molecule has 0 aliphatic carbocycles. The first-order valence-corrected chi connectivity index (χ1v) is 9.46. The number of nitriles is 2. The van der Waals surface area contributed by atoms with Crippen molar-refractivity contribution in [3.8, 4) is 29.5 Å². The SMILES string of the molecule is N#Cc1ccc(Oc2ccc(COc3cc4n(c(=O)n3)CCCN4)cc2C#N)cc1F. The van der Waals surface area contributed by atoms with Gasteiger partial charge in [-0.25, -0.2) is 9.18 Å². The number of hydrogen-bond donors (Lipinski definition) is 1. The van der Waals surface area contributed by atoms with Gasteiger partial charge >= 0.3 is 5.69 Å². The molecular weight excluding hydrogens is 401 g/mol. The van der Waals surface area contributed by atoms with Crippen LogP contribution in [0.1, 0.15) is 23.1 Å². The van der Waals surface area contributed by atoms with E-state index in [4.69, 9.17) is 14.7 Å². The second kappa shape index (κ2) is 8.56. The molecule has 1 aliphatic rings. The molecule has 0 saturated heterocycles. The standard InChI is InChI=1S/C22H16FN5O3/c23-18-9-17(4-3-15(18)11-24)31-19-5-2-14(8-16(19)12-25)13-30-21-10-20-26-6-1-7-28(20)22(29)27-21/h2-5,8-10,26H,1,6-7,13H2. The summed E-state index contributed by atoms with van der Waals surface area (Å²) in [6.07, 6.45) is 0.856. The van der Waals surface area contributed by atoms with Crippen molar-refractivity contribution in [3.63, 3.8) is 0 Å². The molecule has 3 aromatic rings. The molecule has 2 heterocycles. The van der Waals surface area contributed by atoms with Gasteiger partial charge in [-0.15, -0.1) is 0 Å². The highest BCUT2D eigenvalue weighted by Crippen LogP contribution is 2.27. The Labute approximate surface area is 176 Å². The van der Waals surface area contributed by atoms with Crippen LogP contribution in [0.25, 0.3) is 0 Å². The lowest BCUT2D eigenvalue weighted by Gasteiger charge is -2.19. The highest BCUT2D eigenvalue weighted by Gasteiger charge is 2.13. The summed E-state index contributed by atoms with van der Waals surface area (Å²) in [4.78, 5) is 16.0. The van der Waals surface area contributed by atoms with E-state index in [0.717, 1.165) is 19.0 Å². The summed E-state index contributed by atoms with van der Waals surface area (Å²) in [5, 5.41) is 21.4. The maximum Gasteiger partial charge on any atom is 0.352 e. The smallest absolute Gasteiger partial charge is 0.352 e. The highest BCUT2D eigenvalue weighted by molar-refractivity contribution is 5.48. The summed E-state index contributed by atoms with van der Waals surface area (Å²) >= 11 is 0. The minimum Gasteiger partial charge on any atom is -0.473 e. The number of hydrogen-bond acceptors (Lipinski definition) is 7. The lowest BCUT2D eigenvalue weighted by molar-refractivity contribution is 0.290. The van der Waals surface area contributed by atoms with Crippen LogP contribution in [0, 0.1) is 28.5 Å². The molecular formula is C22H16FN5O3. The lowest BCUT2D eigenvalue weighted by Crippen LogP contribution is -2.30. The van der Waals surface area contributed by atoms with Crippen LogP contribution in [-0.2, 0) is 13.2 Å². The van der Waals surface area contributed by atoms with E-state index in [-0.39, 0.29) is 40.8 Å². The molecule has 1 aromatic heterocycles. The largest absolute Gasteiger partial charge is 0.473 e. The van der Waals surface area contributed by atoms with E-state index in [0.29, 0.717) is 17.9 Å². The Morgan fingerprint density at radius 1 is 1.13 bits per heavy atom. The minimum absolute atomic E-state index is 0.0917. The molecule has 0 amide bonds. The Morgan fingerprint density at radius 3 is 2.74 bits per heavy atom. The van der Waals surface area contributed by atoms with Crippen LogP contribution in [0.15, 0.2) is 47.3 Å². The van der Waals surface area contributed by atoms with Gasteiger partial charge in [-0.3, -0.25) is 4.57 Å². The Balaban J connectivity index is 1.49. The third-order valence-corrected chi connectivity index (χ3v) is 4.69. The number of aromatic nitrogens is 2. The van der Waals surface area contributed by atoms with Gasteiger partial charge in [0.05, 0.1) is 11.1 Å². The van der Waals surface area contributed by atoms with Gasteiger partial charge < -0.3 is 14.8 Å². The number of fused-ring (bicyclic) bond motifs is 1. The van der Waals surface area contributed by atoms with E-state index in [2.05, 4.69) is 10.3 Å². The predicted molar refractivity (Wildman–Crippen MR) is 108 cm³/mol. The molecule has 4 rings (SSSR count). The number of nitrogens with one attached hydrogen (secondary N) is 1. The average molecular weight is 417 g/mol. The van der Waals surface area contributed by atoms with Gasteiger partial charge in [-0.1, -0.05) is 6.07 Å². The van der Waals surface area contributed by atoms with Crippen LogP contribution in [0.3, 0.4) is 0 Å². The molecule has 1 N–H and O–H groups in total. The zero-order valence-electron chi connectivity index (χ0n) is 16.3.